The van der Waals surface area contributed by atoms with Crippen LogP contribution in [0.1, 0.15) is 58.3 Å². The summed E-state index contributed by atoms with van der Waals surface area (Å²) in [5.41, 5.74) is 0.718. The number of allylic oxidation sites excluding steroid dienone is 5. The molecule has 0 aliphatic heterocycles. The van der Waals surface area contributed by atoms with Gasteiger partial charge in [0, 0.05) is 17.5 Å². The number of hydrogen-bond acceptors (Lipinski definition) is 4. The molecule has 0 bridgehead atoms. The highest BCUT2D eigenvalue weighted by Gasteiger charge is 2.27. The largest absolute Gasteiger partial charge is 0.449 e. The Kier molecular flexibility index (Phi) is 12.2. The first-order valence-electron chi connectivity index (χ1n) is 11.8. The van der Waals surface area contributed by atoms with Crippen LogP contribution >= 0.6 is 0 Å². The molecule has 0 aromatic heterocycles. The zero-order valence-electron chi connectivity index (χ0n) is 19.1. The number of nitrogens with one attached hydrogen (secondary N) is 1. The van der Waals surface area contributed by atoms with E-state index in [9.17, 15) is 14.7 Å². The summed E-state index contributed by atoms with van der Waals surface area (Å²) in [7, 11) is 0. The van der Waals surface area contributed by atoms with Crippen LogP contribution in [0.15, 0.2) is 66.8 Å². The predicted octanol–water partition coefficient (Wildman–Crippen LogP) is 6.22. The highest BCUT2D eigenvalue weighted by Crippen LogP contribution is 2.27. The molecule has 1 aliphatic rings. The molecule has 1 amide bonds. The maximum Gasteiger partial charge on any atom is 0.411 e. The second kappa shape index (κ2) is 15.2. The Bertz CT molecular complexity index is 769. The van der Waals surface area contributed by atoms with Gasteiger partial charge in [0.05, 0.1) is 12.7 Å². The van der Waals surface area contributed by atoms with Crippen LogP contribution < -0.4 is 5.32 Å². The summed E-state index contributed by atoms with van der Waals surface area (Å²) in [6, 6.07) is 9.22. The normalized spacial score (nSPS) is 19.1. The van der Waals surface area contributed by atoms with Gasteiger partial charge in [-0.2, -0.15) is 0 Å². The molecule has 2 N–H and O–H groups in total. The molecule has 0 radical (unpaired) electrons. The van der Waals surface area contributed by atoms with Gasteiger partial charge in [0.2, 0.25) is 0 Å². The van der Waals surface area contributed by atoms with Gasteiger partial charge >= 0.3 is 6.09 Å². The molecule has 0 unspecified atom stereocenters. The first kappa shape index (κ1) is 25.6. The number of ketones is 1. The van der Waals surface area contributed by atoms with E-state index < -0.39 is 12.2 Å². The Morgan fingerprint density at radius 1 is 1.16 bits per heavy atom. The third kappa shape index (κ3) is 10.1. The van der Waals surface area contributed by atoms with Crippen LogP contribution in [-0.4, -0.2) is 29.7 Å². The molecule has 1 aromatic rings. The second-order valence-corrected chi connectivity index (χ2v) is 8.22. The van der Waals surface area contributed by atoms with Crippen LogP contribution in [0.5, 0.6) is 0 Å². The zero-order valence-corrected chi connectivity index (χ0v) is 19.1. The number of carbonyl (C=O) groups is 2. The summed E-state index contributed by atoms with van der Waals surface area (Å²) in [6.07, 6.45) is 18.1. The molecule has 2 rings (SSSR count). The fourth-order valence-electron chi connectivity index (χ4n) is 3.65. The number of aliphatic hydroxyl groups is 1. The van der Waals surface area contributed by atoms with E-state index in [1.54, 1.807) is 6.08 Å². The van der Waals surface area contributed by atoms with Crippen molar-refractivity contribution >= 4 is 17.6 Å². The number of aliphatic hydroxyl groups excluding tert-OH is 1. The van der Waals surface area contributed by atoms with E-state index in [-0.39, 0.29) is 17.6 Å². The number of benzene rings is 1. The Morgan fingerprint density at radius 3 is 2.75 bits per heavy atom. The molecular formula is C27H37NO4. The van der Waals surface area contributed by atoms with E-state index in [1.165, 1.54) is 0 Å². The molecule has 5 nitrogen and oxygen atoms in total. The lowest BCUT2D eigenvalue weighted by atomic mass is 9.90. The Balaban J connectivity index is 1.59. The maximum absolute atomic E-state index is 12.2. The van der Waals surface area contributed by atoms with Gasteiger partial charge in [-0.25, -0.2) is 4.79 Å². The summed E-state index contributed by atoms with van der Waals surface area (Å²) >= 11 is 0. The minimum Gasteiger partial charge on any atom is -0.449 e. The molecule has 0 saturated heterocycles. The van der Waals surface area contributed by atoms with E-state index >= 15 is 0 Å². The number of ether oxygens (including phenoxy) is 1. The smallest absolute Gasteiger partial charge is 0.411 e. The van der Waals surface area contributed by atoms with Crippen LogP contribution in [0, 0.1) is 11.8 Å². The van der Waals surface area contributed by atoms with Crippen LogP contribution in [-0.2, 0) is 9.53 Å². The number of amides is 1. The third-order valence-corrected chi connectivity index (χ3v) is 5.55. The van der Waals surface area contributed by atoms with Crippen LogP contribution in [0.25, 0.3) is 0 Å². The van der Waals surface area contributed by atoms with E-state index in [0.29, 0.717) is 13.0 Å². The van der Waals surface area contributed by atoms with Gasteiger partial charge in [-0.3, -0.25) is 10.1 Å². The van der Waals surface area contributed by atoms with E-state index in [4.69, 9.17) is 4.74 Å². The van der Waals surface area contributed by atoms with Crippen molar-refractivity contribution in [2.75, 3.05) is 11.9 Å². The quantitative estimate of drug-likeness (QED) is 0.266. The SMILES string of the molecule is CCCCC[C@H](O)C=C[C@H]1C=CC(=O)[C@@H]1CC=CCCCCOC(=O)Nc1ccccc1. The molecule has 0 fully saturated rings. The summed E-state index contributed by atoms with van der Waals surface area (Å²) in [5.74, 6) is 0.141. The molecule has 32 heavy (non-hydrogen) atoms. The lowest BCUT2D eigenvalue weighted by Crippen LogP contribution is -2.14. The van der Waals surface area contributed by atoms with Crippen molar-refractivity contribution in [1.29, 1.82) is 0 Å². The fraction of sp³-hybridized carbons (Fsp3) is 0.481. The monoisotopic (exact) mass is 439 g/mol. The lowest BCUT2D eigenvalue weighted by molar-refractivity contribution is -0.117. The number of anilines is 1. The Hall–Kier alpha value is -2.66. The molecule has 0 heterocycles. The number of para-hydroxylation sites is 1. The number of carbonyl (C=O) groups excluding carboxylic acids is 2. The molecule has 5 heteroatoms. The molecule has 3 atom stereocenters. The van der Waals surface area contributed by atoms with Gasteiger partial charge < -0.3 is 9.84 Å². The molecule has 0 spiro atoms. The van der Waals surface area contributed by atoms with E-state index in [2.05, 4.69) is 24.4 Å². The lowest BCUT2D eigenvalue weighted by Gasteiger charge is -2.13. The van der Waals surface area contributed by atoms with Crippen LogP contribution in [0.4, 0.5) is 10.5 Å². The predicted molar refractivity (Wildman–Crippen MR) is 129 cm³/mol. The number of rotatable bonds is 14. The number of unbranched alkanes of at least 4 members (excludes halogenated alkanes) is 4. The summed E-state index contributed by atoms with van der Waals surface area (Å²) in [5, 5.41) is 12.8. The molecule has 0 saturated carbocycles. The molecule has 1 aromatic carbocycles. The topological polar surface area (TPSA) is 75.6 Å². The van der Waals surface area contributed by atoms with Gasteiger partial charge in [0.25, 0.3) is 0 Å². The average molecular weight is 440 g/mol. The van der Waals surface area contributed by atoms with Crippen LogP contribution in [0.3, 0.4) is 0 Å². The summed E-state index contributed by atoms with van der Waals surface area (Å²) in [4.78, 5) is 23.9. The van der Waals surface area contributed by atoms with Gasteiger partial charge in [0.1, 0.15) is 0 Å². The third-order valence-electron chi connectivity index (χ3n) is 5.55. The highest BCUT2D eigenvalue weighted by molar-refractivity contribution is 5.95. The van der Waals surface area contributed by atoms with Crippen molar-refractivity contribution in [2.45, 2.75) is 64.4 Å². The summed E-state index contributed by atoms with van der Waals surface area (Å²) < 4.78 is 5.18. The second-order valence-electron chi connectivity index (χ2n) is 8.22. The van der Waals surface area contributed by atoms with E-state index in [1.807, 2.05) is 48.6 Å². The summed E-state index contributed by atoms with van der Waals surface area (Å²) in [6.45, 7) is 2.53. The molecular weight excluding hydrogens is 402 g/mol. The standard InChI is InChI=1S/C27H37NO4/c1-2-3-8-15-24(29)19-17-22-18-20-26(30)25(22)16-11-5-4-6-12-21-32-27(31)28-23-13-9-7-10-14-23/h5,7,9-11,13-14,17-20,22,24-25,29H,2-4,6,8,12,15-16,21H2,1H3,(H,28,31)/t22-,24-,25+/m0/s1. The van der Waals surface area contributed by atoms with Gasteiger partial charge in [-0.1, -0.05) is 74.8 Å². The van der Waals surface area contributed by atoms with Gasteiger partial charge in [0.15, 0.2) is 5.78 Å². The first-order valence-corrected chi connectivity index (χ1v) is 11.8. The van der Waals surface area contributed by atoms with E-state index in [0.717, 1.165) is 50.6 Å². The molecule has 174 valence electrons. The van der Waals surface area contributed by atoms with Gasteiger partial charge in [-0.05, 0) is 50.3 Å². The van der Waals surface area contributed by atoms with Crippen LogP contribution in [0.2, 0.25) is 0 Å². The zero-order chi connectivity index (χ0) is 23.0. The Morgan fingerprint density at radius 2 is 1.97 bits per heavy atom. The maximum atomic E-state index is 12.2. The minimum absolute atomic E-state index is 0.0597. The Labute approximate surface area is 192 Å². The van der Waals surface area contributed by atoms with Crippen molar-refractivity contribution in [1.82, 2.24) is 0 Å². The van der Waals surface area contributed by atoms with Crippen molar-refractivity contribution in [3.63, 3.8) is 0 Å². The van der Waals surface area contributed by atoms with Crippen molar-refractivity contribution in [2.24, 2.45) is 11.8 Å². The molecule has 1 aliphatic carbocycles. The highest BCUT2D eigenvalue weighted by atomic mass is 16.5. The first-order chi connectivity index (χ1) is 15.6. The van der Waals surface area contributed by atoms with Gasteiger partial charge in [-0.15, -0.1) is 0 Å². The van der Waals surface area contributed by atoms with Crippen molar-refractivity contribution in [3.05, 3.63) is 66.8 Å². The van der Waals surface area contributed by atoms with Crippen molar-refractivity contribution in [3.8, 4) is 0 Å². The van der Waals surface area contributed by atoms with Crippen molar-refractivity contribution < 1.29 is 19.4 Å². The fourth-order valence-corrected chi connectivity index (χ4v) is 3.65. The minimum atomic E-state index is -0.437. The number of hydrogen-bond donors (Lipinski definition) is 2. The average Bonchev–Trinajstić information content (AvgIpc) is 3.14.